The number of hydrogen-bond acceptors (Lipinski definition) is 5. The summed E-state index contributed by atoms with van der Waals surface area (Å²) in [6.07, 6.45) is 11.1. The van der Waals surface area contributed by atoms with E-state index in [1.165, 1.54) is 0 Å². The van der Waals surface area contributed by atoms with Crippen molar-refractivity contribution in [2.45, 2.75) is 77.6 Å². The molecule has 0 aromatic carbocycles. The molecule has 1 aliphatic heterocycles. The van der Waals surface area contributed by atoms with E-state index in [2.05, 4.69) is 18.0 Å². The van der Waals surface area contributed by atoms with Crippen molar-refractivity contribution in [3.05, 3.63) is 66.0 Å². The number of carbonyl (C=O) groups is 1. The molecule has 5 nitrogen and oxygen atoms in total. The predicted octanol–water partition coefficient (Wildman–Crippen LogP) is 4.72. The smallest absolute Gasteiger partial charge is 0.306 e. The fourth-order valence-corrected chi connectivity index (χ4v) is 3.68. The van der Waals surface area contributed by atoms with Gasteiger partial charge < -0.3 is 14.9 Å². The molecule has 0 amide bonds. The van der Waals surface area contributed by atoms with Crippen molar-refractivity contribution < 1.29 is 19.7 Å². The first-order valence-electron chi connectivity index (χ1n) is 11.1. The number of cyclic esters (lactones) is 1. The van der Waals surface area contributed by atoms with E-state index in [1.807, 2.05) is 57.2 Å². The second kappa shape index (κ2) is 11.4. The van der Waals surface area contributed by atoms with Crippen molar-refractivity contribution in [1.82, 2.24) is 4.98 Å². The zero-order chi connectivity index (χ0) is 23.0. The third kappa shape index (κ3) is 7.75. The van der Waals surface area contributed by atoms with Crippen LogP contribution in [0.3, 0.4) is 0 Å². The largest absolute Gasteiger partial charge is 0.457 e. The van der Waals surface area contributed by atoms with E-state index in [-0.39, 0.29) is 23.7 Å². The minimum Gasteiger partial charge on any atom is -0.457 e. The lowest BCUT2D eigenvalue weighted by Gasteiger charge is -2.30. The van der Waals surface area contributed by atoms with Crippen molar-refractivity contribution in [2.24, 2.45) is 11.8 Å². The number of rotatable bonds is 4. The second-order valence-corrected chi connectivity index (χ2v) is 9.14. The summed E-state index contributed by atoms with van der Waals surface area (Å²) in [5.74, 6) is -0.160. The number of ether oxygens (including phenoxy) is 1. The maximum atomic E-state index is 12.6. The third-order valence-corrected chi connectivity index (χ3v) is 5.99. The van der Waals surface area contributed by atoms with Crippen molar-refractivity contribution in [3.63, 3.8) is 0 Å². The van der Waals surface area contributed by atoms with Gasteiger partial charge in [0.25, 0.3) is 0 Å². The predicted molar refractivity (Wildman–Crippen MR) is 123 cm³/mol. The van der Waals surface area contributed by atoms with Gasteiger partial charge in [-0.1, -0.05) is 57.2 Å². The maximum Gasteiger partial charge on any atom is 0.306 e. The number of nitrogens with zero attached hydrogens (tertiary/aromatic N) is 1. The molecule has 1 aromatic rings. The Labute approximate surface area is 186 Å². The topological polar surface area (TPSA) is 79.7 Å². The van der Waals surface area contributed by atoms with E-state index in [1.54, 1.807) is 19.2 Å². The Kier molecular flexibility index (Phi) is 9.20. The Balaban J connectivity index is 2.21. The summed E-state index contributed by atoms with van der Waals surface area (Å²) < 4.78 is 5.85. The zero-order valence-corrected chi connectivity index (χ0v) is 19.4. The van der Waals surface area contributed by atoms with Gasteiger partial charge in [-0.2, -0.15) is 0 Å². The number of aliphatic hydroxyl groups excluding tert-OH is 1. The van der Waals surface area contributed by atoms with Gasteiger partial charge in [0.05, 0.1) is 5.60 Å². The lowest BCUT2D eigenvalue weighted by molar-refractivity contribution is -0.150. The molecule has 2 heterocycles. The molecule has 1 aromatic heterocycles. The van der Waals surface area contributed by atoms with E-state index in [4.69, 9.17) is 4.74 Å². The van der Waals surface area contributed by atoms with Crippen LogP contribution in [0.1, 0.15) is 65.5 Å². The Bertz CT molecular complexity index is 797. The number of aromatic nitrogens is 1. The highest BCUT2D eigenvalue weighted by Gasteiger charge is 2.31. The van der Waals surface area contributed by atoms with Gasteiger partial charge in [0.2, 0.25) is 0 Å². The van der Waals surface area contributed by atoms with E-state index in [0.717, 1.165) is 11.3 Å². The first-order valence-corrected chi connectivity index (χ1v) is 11.1. The molecule has 6 atom stereocenters. The maximum absolute atomic E-state index is 12.6. The van der Waals surface area contributed by atoms with Crippen LogP contribution in [0.5, 0.6) is 0 Å². The van der Waals surface area contributed by atoms with Crippen LogP contribution in [-0.4, -0.2) is 39.0 Å². The third-order valence-electron chi connectivity index (χ3n) is 5.99. The molecular weight excluding hydrogens is 390 g/mol. The van der Waals surface area contributed by atoms with Crippen molar-refractivity contribution in [3.8, 4) is 0 Å². The Hall–Kier alpha value is -2.24. The van der Waals surface area contributed by atoms with Crippen LogP contribution >= 0.6 is 0 Å². The quantitative estimate of drug-likeness (QED) is 0.413. The second-order valence-electron chi connectivity index (χ2n) is 9.14. The van der Waals surface area contributed by atoms with Gasteiger partial charge in [0.15, 0.2) is 0 Å². The lowest BCUT2D eigenvalue weighted by Crippen LogP contribution is -2.39. The molecule has 2 rings (SSSR count). The van der Waals surface area contributed by atoms with E-state index in [0.29, 0.717) is 19.3 Å². The number of esters is 1. The monoisotopic (exact) mass is 427 g/mol. The average molecular weight is 428 g/mol. The average Bonchev–Trinajstić information content (AvgIpc) is 2.73. The fraction of sp³-hybridized carbons (Fsp3) is 0.538. The molecule has 0 aliphatic carbocycles. The molecule has 170 valence electrons. The van der Waals surface area contributed by atoms with Crippen LogP contribution < -0.4 is 0 Å². The van der Waals surface area contributed by atoms with Gasteiger partial charge in [-0.25, -0.2) is 0 Å². The van der Waals surface area contributed by atoms with Crippen molar-refractivity contribution in [1.29, 1.82) is 0 Å². The number of aliphatic hydroxyl groups is 2. The normalized spacial score (nSPS) is 33.3. The molecule has 0 unspecified atom stereocenters. The summed E-state index contributed by atoms with van der Waals surface area (Å²) in [7, 11) is 0. The molecule has 0 saturated carbocycles. The fourth-order valence-electron chi connectivity index (χ4n) is 3.68. The van der Waals surface area contributed by atoms with E-state index < -0.39 is 17.8 Å². The van der Waals surface area contributed by atoms with Crippen LogP contribution in [0.4, 0.5) is 0 Å². The molecule has 0 radical (unpaired) electrons. The molecular formula is C26H37NO4. The molecule has 0 bridgehead atoms. The van der Waals surface area contributed by atoms with Gasteiger partial charge in [-0.15, -0.1) is 0 Å². The molecule has 0 saturated heterocycles. The van der Waals surface area contributed by atoms with Gasteiger partial charge in [-0.3, -0.25) is 9.78 Å². The highest BCUT2D eigenvalue weighted by Crippen LogP contribution is 2.27. The highest BCUT2D eigenvalue weighted by molar-refractivity contribution is 5.70. The van der Waals surface area contributed by atoms with E-state index in [9.17, 15) is 15.0 Å². The van der Waals surface area contributed by atoms with Gasteiger partial charge in [0.1, 0.15) is 12.2 Å². The number of carbonyl (C=O) groups excluding carboxylic acids is 1. The molecule has 0 fully saturated rings. The summed E-state index contributed by atoms with van der Waals surface area (Å²) in [6.45, 7) is 9.58. The Morgan fingerprint density at radius 3 is 2.74 bits per heavy atom. The first-order chi connectivity index (χ1) is 14.6. The summed E-state index contributed by atoms with van der Waals surface area (Å²) >= 11 is 0. The van der Waals surface area contributed by atoms with Crippen LogP contribution in [0.25, 0.3) is 0 Å². The summed E-state index contributed by atoms with van der Waals surface area (Å²) in [4.78, 5) is 16.9. The minimum absolute atomic E-state index is 0.0638. The molecule has 0 spiro atoms. The lowest BCUT2D eigenvalue weighted by atomic mass is 9.87. The highest BCUT2D eigenvalue weighted by atomic mass is 16.5. The molecule has 5 heteroatoms. The Morgan fingerprint density at radius 2 is 2.06 bits per heavy atom. The molecule has 1 aliphatic rings. The van der Waals surface area contributed by atoms with Gasteiger partial charge in [-0.05, 0) is 50.3 Å². The molecule has 31 heavy (non-hydrogen) atoms. The SMILES string of the molecule is C/C(=C\C=C\[C@@H](C)c1ccccn1)[C@H]1OC(=O)C[C@H](C)CC[C@@](C)(O)[C@@H](O)/C=C/[C@@H]1C. The van der Waals surface area contributed by atoms with Crippen LogP contribution in [0.2, 0.25) is 0 Å². The van der Waals surface area contributed by atoms with E-state index >= 15 is 0 Å². The number of pyridine rings is 1. The summed E-state index contributed by atoms with van der Waals surface area (Å²) in [5.41, 5.74) is 0.688. The first kappa shape index (κ1) is 25.0. The van der Waals surface area contributed by atoms with Crippen LogP contribution in [-0.2, 0) is 9.53 Å². The Morgan fingerprint density at radius 1 is 1.32 bits per heavy atom. The zero-order valence-electron chi connectivity index (χ0n) is 19.4. The number of hydrogen-bond donors (Lipinski definition) is 2. The molecule has 2 N–H and O–H groups in total. The summed E-state index contributed by atoms with van der Waals surface area (Å²) in [6, 6.07) is 5.86. The summed E-state index contributed by atoms with van der Waals surface area (Å²) in [5, 5.41) is 21.0. The van der Waals surface area contributed by atoms with Crippen molar-refractivity contribution >= 4 is 5.97 Å². The van der Waals surface area contributed by atoms with Crippen molar-refractivity contribution in [2.75, 3.05) is 0 Å². The van der Waals surface area contributed by atoms with Crippen LogP contribution in [0.15, 0.2) is 60.3 Å². The number of allylic oxidation sites excluding steroid dienone is 3. The van der Waals surface area contributed by atoms with Gasteiger partial charge >= 0.3 is 5.97 Å². The van der Waals surface area contributed by atoms with Crippen LogP contribution in [0, 0.1) is 11.8 Å². The minimum atomic E-state index is -1.22. The van der Waals surface area contributed by atoms with Gasteiger partial charge in [0, 0.05) is 30.1 Å². The standard InChI is InChI=1S/C26H37NO4/c1-18-14-15-26(5,30)23(28)13-12-21(4)25(31-24(29)17-18)20(3)10-8-9-19(2)22-11-6-7-16-27-22/h6-13,16,18-19,21,23,25,28,30H,14-15,17H2,1-5H3/b9-8+,13-12+,20-10+/t18-,19-,21+,23+,25-,26-/m1/s1.